The summed E-state index contributed by atoms with van der Waals surface area (Å²) in [6, 6.07) is 36.5. The lowest BCUT2D eigenvalue weighted by Gasteiger charge is -2.19. The molecule has 0 aliphatic heterocycles. The fourth-order valence-corrected chi connectivity index (χ4v) is 5.92. The van der Waals surface area contributed by atoms with Crippen LogP contribution in [0.15, 0.2) is 130 Å². The van der Waals surface area contributed by atoms with Gasteiger partial charge >= 0.3 is 0 Å². The van der Waals surface area contributed by atoms with Gasteiger partial charge in [0.1, 0.15) is 0 Å². The predicted molar refractivity (Wildman–Crippen MR) is 165 cm³/mol. The van der Waals surface area contributed by atoms with Gasteiger partial charge in [-0.05, 0) is 46.5 Å². The number of ether oxygens (including phenoxy) is 1. The molecule has 6 aromatic rings. The van der Waals surface area contributed by atoms with Gasteiger partial charge in [0.2, 0.25) is 5.82 Å². The van der Waals surface area contributed by atoms with Crippen molar-refractivity contribution in [1.29, 1.82) is 0 Å². The molecule has 0 aliphatic carbocycles. The van der Waals surface area contributed by atoms with Crippen LogP contribution in [0.2, 0.25) is 0 Å². The van der Waals surface area contributed by atoms with E-state index in [1.165, 1.54) is 11.8 Å². The second-order valence-electron chi connectivity index (χ2n) is 9.92. The number of hydrogen-bond acceptors (Lipinski definition) is 6. The monoisotopic (exact) mass is 571 g/mol. The Kier molecular flexibility index (Phi) is 8.35. The molecule has 7 nitrogen and oxygen atoms in total. The Balaban J connectivity index is 1.32. The first-order valence-electron chi connectivity index (χ1n) is 13.7. The van der Waals surface area contributed by atoms with Crippen LogP contribution >= 0.6 is 11.8 Å². The average molecular weight is 572 g/mol. The highest BCUT2D eigenvalue weighted by molar-refractivity contribution is 7.99. The second kappa shape index (κ2) is 12.8. The molecule has 8 heteroatoms. The smallest absolute Gasteiger partial charge is 0.205 e. The van der Waals surface area contributed by atoms with E-state index < -0.39 is 0 Å². The van der Waals surface area contributed by atoms with Gasteiger partial charge in [0.25, 0.3) is 0 Å². The molecule has 1 N–H and O–H groups in total. The lowest BCUT2D eigenvalue weighted by atomic mass is 9.98. The highest BCUT2D eigenvalue weighted by atomic mass is 32.2. The highest BCUT2D eigenvalue weighted by Gasteiger charge is 2.17. The molecule has 0 saturated carbocycles. The molecule has 2 aromatic heterocycles. The number of nitrogens with one attached hydrogen (secondary N) is 1. The van der Waals surface area contributed by atoms with Crippen molar-refractivity contribution in [2.45, 2.75) is 36.5 Å². The Morgan fingerprint density at radius 1 is 0.786 bits per heavy atom. The zero-order valence-corrected chi connectivity index (χ0v) is 23.9. The molecule has 0 amide bonds. The Labute approximate surface area is 248 Å². The summed E-state index contributed by atoms with van der Waals surface area (Å²) in [5.41, 5.74) is 6.80. The normalized spacial score (nSPS) is 11.1. The van der Waals surface area contributed by atoms with Gasteiger partial charge in [-0.1, -0.05) is 109 Å². The molecule has 6 rings (SSSR count). The number of benzene rings is 4. The summed E-state index contributed by atoms with van der Waals surface area (Å²) < 4.78 is 8.34. The van der Waals surface area contributed by atoms with Crippen molar-refractivity contribution in [3.05, 3.63) is 148 Å². The first-order valence-corrected chi connectivity index (χ1v) is 14.5. The maximum atomic E-state index is 13.5. The van der Waals surface area contributed by atoms with Crippen LogP contribution in [-0.2, 0) is 24.5 Å². The van der Waals surface area contributed by atoms with E-state index in [4.69, 9.17) is 4.74 Å². The van der Waals surface area contributed by atoms with Gasteiger partial charge in [0.05, 0.1) is 23.8 Å². The van der Waals surface area contributed by atoms with E-state index in [1.54, 1.807) is 0 Å². The maximum absolute atomic E-state index is 13.5. The van der Waals surface area contributed by atoms with E-state index >= 15 is 0 Å². The molecule has 0 radical (unpaired) electrons. The molecule has 0 atom stereocenters. The third-order valence-corrected chi connectivity index (χ3v) is 8.10. The minimum atomic E-state index is 0.0341. The molecule has 42 heavy (non-hydrogen) atoms. The fourth-order valence-electron chi connectivity index (χ4n) is 4.84. The SMILES string of the molecule is Cc1cn(Cc2ccc(-c3ccccc3-c3nn[nH]n3)cc2)c(COCc2ccccc2)c(Sc2ccccc2)c1=O. The quantitative estimate of drug-likeness (QED) is 0.192. The molecule has 208 valence electrons. The van der Waals surface area contributed by atoms with E-state index in [0.717, 1.165) is 38.4 Å². The van der Waals surface area contributed by atoms with Crippen molar-refractivity contribution in [3.63, 3.8) is 0 Å². The van der Waals surface area contributed by atoms with Crippen LogP contribution in [0.5, 0.6) is 0 Å². The number of aromatic amines is 1. The molecule has 4 aromatic carbocycles. The predicted octanol–water partition coefficient (Wildman–Crippen LogP) is 6.92. The number of rotatable bonds is 10. The van der Waals surface area contributed by atoms with Crippen molar-refractivity contribution in [1.82, 2.24) is 25.2 Å². The van der Waals surface area contributed by atoms with Gasteiger partial charge in [-0.2, -0.15) is 5.21 Å². The number of tetrazole rings is 1. The zero-order valence-electron chi connectivity index (χ0n) is 23.1. The molecular formula is C34H29N5O2S. The van der Waals surface area contributed by atoms with Crippen LogP contribution in [0.3, 0.4) is 0 Å². The lowest BCUT2D eigenvalue weighted by molar-refractivity contribution is 0.0998. The van der Waals surface area contributed by atoms with Crippen molar-refractivity contribution in [3.8, 4) is 22.5 Å². The van der Waals surface area contributed by atoms with Crippen LogP contribution < -0.4 is 5.43 Å². The molecule has 0 unspecified atom stereocenters. The Morgan fingerprint density at radius 3 is 2.19 bits per heavy atom. The number of H-pyrrole nitrogens is 1. The number of aromatic nitrogens is 5. The van der Waals surface area contributed by atoms with Crippen LogP contribution in [0.1, 0.15) is 22.4 Å². The Hall–Kier alpha value is -4.79. The van der Waals surface area contributed by atoms with E-state index in [9.17, 15) is 4.79 Å². The summed E-state index contributed by atoms with van der Waals surface area (Å²) in [5, 5.41) is 14.6. The summed E-state index contributed by atoms with van der Waals surface area (Å²) in [6.07, 6.45) is 1.94. The largest absolute Gasteiger partial charge is 0.371 e. The third-order valence-electron chi connectivity index (χ3n) is 6.97. The van der Waals surface area contributed by atoms with Crippen molar-refractivity contribution < 1.29 is 4.74 Å². The molecule has 0 aliphatic rings. The minimum absolute atomic E-state index is 0.0341. The summed E-state index contributed by atoms with van der Waals surface area (Å²) in [5.74, 6) is 0.557. The van der Waals surface area contributed by atoms with Gasteiger partial charge in [0, 0.05) is 28.8 Å². The summed E-state index contributed by atoms with van der Waals surface area (Å²) in [6.45, 7) is 3.25. The Morgan fingerprint density at radius 2 is 1.48 bits per heavy atom. The third kappa shape index (κ3) is 6.25. The van der Waals surface area contributed by atoms with Gasteiger partial charge in [0.15, 0.2) is 5.43 Å². The average Bonchev–Trinajstić information content (AvgIpc) is 3.58. The van der Waals surface area contributed by atoms with Gasteiger partial charge < -0.3 is 9.30 Å². The molecule has 0 spiro atoms. The topological polar surface area (TPSA) is 85.7 Å². The number of nitrogens with zero attached hydrogens (tertiary/aromatic N) is 4. The fraction of sp³-hybridized carbons (Fsp3) is 0.118. The molecule has 0 saturated heterocycles. The molecular weight excluding hydrogens is 542 g/mol. The van der Waals surface area contributed by atoms with Crippen molar-refractivity contribution in [2.75, 3.05) is 0 Å². The lowest BCUT2D eigenvalue weighted by Crippen LogP contribution is -2.20. The number of hydrogen-bond donors (Lipinski definition) is 1. The summed E-state index contributed by atoms with van der Waals surface area (Å²) >= 11 is 1.49. The molecule has 0 fully saturated rings. The highest BCUT2D eigenvalue weighted by Crippen LogP contribution is 2.31. The van der Waals surface area contributed by atoms with Crippen molar-refractivity contribution >= 4 is 11.8 Å². The minimum Gasteiger partial charge on any atom is -0.371 e. The summed E-state index contributed by atoms with van der Waals surface area (Å²) in [4.78, 5) is 15.2. The number of pyridine rings is 1. The van der Waals surface area contributed by atoms with Gasteiger partial charge in [-0.15, -0.1) is 10.2 Å². The van der Waals surface area contributed by atoms with E-state index in [0.29, 0.717) is 36.0 Å². The molecule has 2 heterocycles. The van der Waals surface area contributed by atoms with Gasteiger partial charge in [-0.25, -0.2) is 0 Å². The van der Waals surface area contributed by atoms with E-state index in [1.807, 2.05) is 92.0 Å². The number of aryl methyl sites for hydroxylation is 1. The summed E-state index contributed by atoms with van der Waals surface area (Å²) in [7, 11) is 0. The first kappa shape index (κ1) is 27.4. The standard InChI is InChI=1S/C34H29N5O2S/c1-24-20-39(21-25-16-18-27(19-17-25)29-14-8-9-15-30(29)34-35-37-38-36-34)31(23-41-22-26-10-4-2-5-11-26)33(32(24)40)42-28-12-6-3-7-13-28/h2-20H,21-23H2,1H3,(H,35,36,37,38). The first-order chi connectivity index (χ1) is 20.7. The van der Waals surface area contributed by atoms with Crippen LogP contribution in [-0.4, -0.2) is 25.2 Å². The Bertz CT molecular complexity index is 1820. The van der Waals surface area contributed by atoms with E-state index in [2.05, 4.69) is 55.5 Å². The van der Waals surface area contributed by atoms with Crippen LogP contribution in [0, 0.1) is 6.92 Å². The molecule has 0 bridgehead atoms. The van der Waals surface area contributed by atoms with Crippen molar-refractivity contribution in [2.24, 2.45) is 0 Å². The van der Waals surface area contributed by atoms with Crippen LogP contribution in [0.4, 0.5) is 0 Å². The second-order valence-corrected chi connectivity index (χ2v) is 11.0. The zero-order chi connectivity index (χ0) is 28.7. The van der Waals surface area contributed by atoms with Gasteiger partial charge in [-0.3, -0.25) is 4.79 Å². The van der Waals surface area contributed by atoms with Crippen LogP contribution in [0.25, 0.3) is 22.5 Å². The maximum Gasteiger partial charge on any atom is 0.205 e. The van der Waals surface area contributed by atoms with E-state index in [-0.39, 0.29) is 5.43 Å².